The van der Waals surface area contributed by atoms with Gasteiger partial charge in [-0.25, -0.2) is 4.79 Å². The third kappa shape index (κ3) is 3.66. The zero-order valence-corrected chi connectivity index (χ0v) is 13.2. The molecule has 0 bridgehead atoms. The fraction of sp³-hybridized carbons (Fsp3) is 0.647. The molecule has 1 amide bonds. The number of rotatable bonds is 1. The summed E-state index contributed by atoms with van der Waals surface area (Å²) in [5.74, 6) is 0. The number of carbonyl (C=O) groups is 1. The van der Waals surface area contributed by atoms with E-state index in [9.17, 15) is 10.1 Å². The van der Waals surface area contributed by atoms with Crippen molar-refractivity contribution in [3.8, 4) is 6.07 Å². The molecule has 0 aromatic carbocycles. The molecule has 1 aliphatic heterocycles. The smallest absolute Gasteiger partial charge is 0.410 e. The lowest BCUT2D eigenvalue weighted by Gasteiger charge is -2.39. The van der Waals surface area contributed by atoms with Crippen LogP contribution in [0.3, 0.4) is 0 Å². The lowest BCUT2D eigenvalue weighted by atomic mass is 9.72. The summed E-state index contributed by atoms with van der Waals surface area (Å²) in [7, 11) is 0. The fourth-order valence-corrected chi connectivity index (χ4v) is 2.83. The molecule has 2 aliphatic rings. The molecule has 1 aliphatic carbocycles. The first kappa shape index (κ1) is 15.6. The van der Waals surface area contributed by atoms with E-state index in [4.69, 9.17) is 4.74 Å². The van der Waals surface area contributed by atoms with Gasteiger partial charge in [0.15, 0.2) is 0 Å². The Hall–Kier alpha value is -1.76. The summed E-state index contributed by atoms with van der Waals surface area (Å²) in [5.41, 5.74) is 0.213. The minimum absolute atomic E-state index is 0.276. The fourth-order valence-electron chi connectivity index (χ4n) is 2.83. The summed E-state index contributed by atoms with van der Waals surface area (Å²) in [6, 6.07) is 2.50. The number of amides is 1. The van der Waals surface area contributed by atoms with Gasteiger partial charge >= 0.3 is 6.09 Å². The number of nitrogens with zero attached hydrogens (tertiary/aromatic N) is 2. The number of carbonyl (C=O) groups excluding carboxylic acids is 1. The molecule has 2 rings (SSSR count). The number of hydrogen-bond acceptors (Lipinski definition) is 3. The molecule has 21 heavy (non-hydrogen) atoms. The number of piperidine rings is 1. The number of ether oxygens (including phenoxy) is 1. The van der Waals surface area contributed by atoms with Gasteiger partial charge in [-0.2, -0.15) is 5.26 Å². The topological polar surface area (TPSA) is 53.3 Å². The first-order chi connectivity index (χ1) is 9.86. The highest BCUT2D eigenvalue weighted by molar-refractivity contribution is 5.68. The van der Waals surface area contributed by atoms with Crippen molar-refractivity contribution in [2.75, 3.05) is 13.1 Å². The average molecular weight is 288 g/mol. The Bertz CT molecular complexity index is 498. The van der Waals surface area contributed by atoms with Crippen molar-refractivity contribution >= 4 is 6.09 Å². The monoisotopic (exact) mass is 288 g/mol. The maximum Gasteiger partial charge on any atom is 0.410 e. The Balaban J connectivity index is 2.01. The highest BCUT2D eigenvalue weighted by Crippen LogP contribution is 2.40. The zero-order valence-electron chi connectivity index (χ0n) is 13.2. The lowest BCUT2D eigenvalue weighted by Crippen LogP contribution is -2.45. The van der Waals surface area contributed by atoms with E-state index in [1.54, 1.807) is 4.90 Å². The minimum atomic E-state index is -0.477. The van der Waals surface area contributed by atoms with Crippen LogP contribution in [0.2, 0.25) is 0 Å². The van der Waals surface area contributed by atoms with E-state index in [0.29, 0.717) is 25.9 Å². The van der Waals surface area contributed by atoms with Gasteiger partial charge in [-0.15, -0.1) is 0 Å². The third-order valence-electron chi connectivity index (χ3n) is 4.03. The van der Waals surface area contributed by atoms with Crippen LogP contribution in [-0.4, -0.2) is 29.7 Å². The van der Waals surface area contributed by atoms with Crippen LogP contribution in [0.15, 0.2) is 23.8 Å². The molecule has 0 atom stereocenters. The van der Waals surface area contributed by atoms with Crippen LogP contribution in [0.5, 0.6) is 0 Å². The first-order valence-corrected chi connectivity index (χ1v) is 7.63. The Morgan fingerprint density at radius 3 is 2.48 bits per heavy atom. The second-order valence-corrected chi connectivity index (χ2v) is 6.80. The molecule has 4 heteroatoms. The van der Waals surface area contributed by atoms with Crippen molar-refractivity contribution in [3.63, 3.8) is 0 Å². The summed E-state index contributed by atoms with van der Waals surface area (Å²) in [6.45, 7) is 6.76. The van der Waals surface area contributed by atoms with Crippen molar-refractivity contribution < 1.29 is 9.53 Å². The molecule has 0 aromatic heterocycles. The Morgan fingerprint density at radius 1 is 1.33 bits per heavy atom. The van der Waals surface area contributed by atoms with Gasteiger partial charge in [0.25, 0.3) is 0 Å². The van der Waals surface area contributed by atoms with Crippen LogP contribution in [0.4, 0.5) is 4.79 Å². The van der Waals surface area contributed by atoms with Crippen molar-refractivity contribution in [2.24, 2.45) is 5.41 Å². The number of likely N-dealkylation sites (tertiary alicyclic amines) is 1. The van der Waals surface area contributed by atoms with E-state index in [1.165, 1.54) is 0 Å². The highest BCUT2D eigenvalue weighted by atomic mass is 16.6. The predicted octanol–water partition coefficient (Wildman–Crippen LogP) is 3.80. The Labute approximate surface area is 127 Å². The lowest BCUT2D eigenvalue weighted by molar-refractivity contribution is 0.0169. The van der Waals surface area contributed by atoms with Crippen molar-refractivity contribution in [3.05, 3.63) is 23.8 Å². The molecule has 0 radical (unpaired) electrons. The van der Waals surface area contributed by atoms with Gasteiger partial charge in [0.05, 0.1) is 11.5 Å². The Kier molecular flexibility index (Phi) is 4.41. The Morgan fingerprint density at radius 2 is 2.00 bits per heavy atom. The van der Waals surface area contributed by atoms with Gasteiger partial charge in [0.1, 0.15) is 5.60 Å². The summed E-state index contributed by atoms with van der Waals surface area (Å²) < 4.78 is 5.40. The van der Waals surface area contributed by atoms with E-state index in [1.807, 2.05) is 20.8 Å². The minimum Gasteiger partial charge on any atom is -0.444 e. The van der Waals surface area contributed by atoms with Crippen LogP contribution in [0, 0.1) is 16.7 Å². The molecule has 4 nitrogen and oxygen atoms in total. The number of allylic oxidation sites excluding steroid dienone is 4. The molecule has 114 valence electrons. The van der Waals surface area contributed by atoms with Crippen LogP contribution < -0.4 is 0 Å². The number of hydrogen-bond donors (Lipinski definition) is 0. The molecule has 1 fully saturated rings. The summed E-state index contributed by atoms with van der Waals surface area (Å²) in [6.07, 6.45) is 9.52. The average Bonchev–Trinajstić information content (AvgIpc) is 2.46. The maximum atomic E-state index is 12.1. The van der Waals surface area contributed by atoms with Gasteiger partial charge in [-0.05, 0) is 52.0 Å². The SMILES string of the molecule is CC(C)(C)OC(=O)N1CCC(C#N)(C2=CCCC=C2)CC1. The molecule has 0 unspecified atom stereocenters. The maximum absolute atomic E-state index is 12.1. The normalized spacial score (nSPS) is 21.4. The highest BCUT2D eigenvalue weighted by Gasteiger charge is 2.39. The van der Waals surface area contributed by atoms with Crippen molar-refractivity contribution in [1.29, 1.82) is 5.26 Å². The van der Waals surface area contributed by atoms with Gasteiger partial charge in [0.2, 0.25) is 0 Å². The van der Waals surface area contributed by atoms with Crippen molar-refractivity contribution in [2.45, 2.75) is 52.1 Å². The third-order valence-corrected chi connectivity index (χ3v) is 4.03. The van der Waals surface area contributed by atoms with Crippen LogP contribution in [0.1, 0.15) is 46.5 Å². The molecule has 0 N–H and O–H groups in total. The second kappa shape index (κ2) is 5.93. The quantitative estimate of drug-likeness (QED) is 0.737. The summed E-state index contributed by atoms with van der Waals surface area (Å²) >= 11 is 0. The second-order valence-electron chi connectivity index (χ2n) is 6.80. The molecular weight excluding hydrogens is 264 g/mol. The predicted molar refractivity (Wildman–Crippen MR) is 81.5 cm³/mol. The van der Waals surface area contributed by atoms with E-state index in [0.717, 1.165) is 18.4 Å². The van der Waals surface area contributed by atoms with Crippen LogP contribution in [-0.2, 0) is 4.74 Å². The van der Waals surface area contributed by atoms with E-state index < -0.39 is 11.0 Å². The standard InChI is InChI=1S/C17H24N2O2/c1-16(2,3)21-15(20)19-11-9-17(13-18,10-12-19)14-7-5-4-6-8-14/h5,7-8H,4,6,9-12H2,1-3H3. The van der Waals surface area contributed by atoms with Crippen molar-refractivity contribution in [1.82, 2.24) is 4.90 Å². The van der Waals surface area contributed by atoms with E-state index in [2.05, 4.69) is 24.3 Å². The van der Waals surface area contributed by atoms with Gasteiger partial charge in [-0.3, -0.25) is 0 Å². The molecule has 0 saturated carbocycles. The molecule has 1 heterocycles. The van der Waals surface area contributed by atoms with E-state index in [-0.39, 0.29) is 6.09 Å². The molecule has 0 aromatic rings. The molecule has 0 spiro atoms. The van der Waals surface area contributed by atoms with Gasteiger partial charge < -0.3 is 9.64 Å². The van der Waals surface area contributed by atoms with Crippen LogP contribution >= 0.6 is 0 Å². The molecule has 1 saturated heterocycles. The summed E-state index contributed by atoms with van der Waals surface area (Å²) in [5, 5.41) is 9.65. The van der Waals surface area contributed by atoms with Gasteiger partial charge in [0, 0.05) is 13.1 Å². The zero-order chi connectivity index (χ0) is 15.5. The number of nitriles is 1. The molecular formula is C17H24N2O2. The van der Waals surface area contributed by atoms with Gasteiger partial charge in [-0.1, -0.05) is 18.2 Å². The largest absolute Gasteiger partial charge is 0.444 e. The first-order valence-electron chi connectivity index (χ1n) is 7.63. The van der Waals surface area contributed by atoms with E-state index >= 15 is 0 Å². The van der Waals surface area contributed by atoms with Crippen LogP contribution in [0.25, 0.3) is 0 Å². The summed E-state index contributed by atoms with van der Waals surface area (Å²) in [4.78, 5) is 13.8.